The van der Waals surface area contributed by atoms with E-state index in [0.29, 0.717) is 11.7 Å². The summed E-state index contributed by atoms with van der Waals surface area (Å²) >= 11 is 0. The number of imidazole rings is 1. The predicted octanol–water partition coefficient (Wildman–Crippen LogP) is 3.14. The molecule has 1 N–H and O–H groups in total. The van der Waals surface area contributed by atoms with Crippen molar-refractivity contribution in [2.45, 2.75) is 19.8 Å². The van der Waals surface area contributed by atoms with Crippen LogP contribution in [-0.4, -0.2) is 19.9 Å². The molecule has 0 atom stereocenters. The Kier molecular flexibility index (Phi) is 2.55. The fourth-order valence-corrected chi connectivity index (χ4v) is 1.83. The second-order valence-electron chi connectivity index (χ2n) is 4.57. The average molecular weight is 238 g/mol. The van der Waals surface area contributed by atoms with Crippen LogP contribution in [0, 0.1) is 0 Å². The Morgan fingerprint density at radius 1 is 1.06 bits per heavy atom. The molecule has 18 heavy (non-hydrogen) atoms. The Hall–Kier alpha value is -2.23. The molecule has 2 heterocycles. The summed E-state index contributed by atoms with van der Waals surface area (Å²) < 4.78 is 0. The number of hydrogen-bond acceptors (Lipinski definition) is 3. The van der Waals surface area contributed by atoms with Gasteiger partial charge in [0.15, 0.2) is 11.5 Å². The summed E-state index contributed by atoms with van der Waals surface area (Å²) in [6, 6.07) is 9.93. The topological polar surface area (TPSA) is 54.5 Å². The molecule has 4 nitrogen and oxygen atoms in total. The molecule has 0 aliphatic rings. The Balaban J connectivity index is 2.11. The molecule has 3 rings (SSSR count). The minimum Gasteiger partial charge on any atom is -0.339 e. The monoisotopic (exact) mass is 238 g/mol. The predicted molar refractivity (Wildman–Crippen MR) is 71.2 cm³/mol. The van der Waals surface area contributed by atoms with Crippen LogP contribution in [0.15, 0.2) is 36.5 Å². The molecule has 2 aromatic heterocycles. The molecule has 0 saturated carbocycles. The summed E-state index contributed by atoms with van der Waals surface area (Å²) in [5, 5.41) is 0. The van der Waals surface area contributed by atoms with E-state index in [1.54, 1.807) is 6.20 Å². The zero-order valence-corrected chi connectivity index (χ0v) is 10.4. The summed E-state index contributed by atoms with van der Waals surface area (Å²) in [6.07, 6.45) is 1.80. The van der Waals surface area contributed by atoms with Gasteiger partial charge in [-0.1, -0.05) is 44.2 Å². The van der Waals surface area contributed by atoms with Crippen molar-refractivity contribution in [1.82, 2.24) is 19.9 Å². The minimum absolute atomic E-state index is 0.361. The second-order valence-corrected chi connectivity index (χ2v) is 4.57. The van der Waals surface area contributed by atoms with E-state index in [4.69, 9.17) is 0 Å². The number of aromatic nitrogens is 4. The van der Waals surface area contributed by atoms with Gasteiger partial charge in [-0.15, -0.1) is 0 Å². The first-order valence-corrected chi connectivity index (χ1v) is 6.02. The summed E-state index contributed by atoms with van der Waals surface area (Å²) in [6.45, 7) is 4.20. The summed E-state index contributed by atoms with van der Waals surface area (Å²) in [5.74, 6) is 2.02. The molecule has 0 aliphatic heterocycles. The van der Waals surface area contributed by atoms with E-state index in [9.17, 15) is 0 Å². The third kappa shape index (κ3) is 1.86. The molecule has 0 unspecified atom stereocenters. The molecule has 0 amide bonds. The van der Waals surface area contributed by atoms with Gasteiger partial charge >= 0.3 is 0 Å². The molecule has 0 saturated heterocycles. The molecule has 0 spiro atoms. The minimum atomic E-state index is 0.361. The van der Waals surface area contributed by atoms with Gasteiger partial charge in [-0.3, -0.25) is 0 Å². The van der Waals surface area contributed by atoms with Gasteiger partial charge in [0.2, 0.25) is 0 Å². The van der Waals surface area contributed by atoms with E-state index >= 15 is 0 Å². The van der Waals surface area contributed by atoms with Gasteiger partial charge in [0.25, 0.3) is 0 Å². The maximum Gasteiger partial charge on any atom is 0.181 e. The van der Waals surface area contributed by atoms with Crippen molar-refractivity contribution in [2.75, 3.05) is 0 Å². The molecule has 0 bridgehead atoms. The third-order valence-electron chi connectivity index (χ3n) is 2.84. The molecular formula is C14H14N4. The van der Waals surface area contributed by atoms with Crippen LogP contribution in [0.2, 0.25) is 0 Å². The molecular weight excluding hydrogens is 224 g/mol. The smallest absolute Gasteiger partial charge is 0.181 e. The Labute approximate surface area is 105 Å². The zero-order chi connectivity index (χ0) is 12.5. The molecule has 0 radical (unpaired) electrons. The molecule has 90 valence electrons. The Morgan fingerprint density at radius 2 is 1.83 bits per heavy atom. The third-order valence-corrected chi connectivity index (χ3v) is 2.84. The molecule has 0 aliphatic carbocycles. The summed E-state index contributed by atoms with van der Waals surface area (Å²) in [7, 11) is 0. The van der Waals surface area contributed by atoms with E-state index in [1.165, 1.54) is 0 Å². The molecule has 4 heteroatoms. The van der Waals surface area contributed by atoms with Crippen molar-refractivity contribution in [3.05, 3.63) is 42.4 Å². The first kappa shape index (κ1) is 10.9. The standard InChI is InChI=1S/C14H14N4/c1-9(2)12-16-11-8-15-13(18-14(11)17-12)10-6-4-3-5-7-10/h3-9H,1-2H3,(H,15,16,17,18). The summed E-state index contributed by atoms with van der Waals surface area (Å²) in [4.78, 5) is 16.6. The SMILES string of the molecule is CC(C)c1nc2nc(-c3ccccc3)ncc2[nH]1. The highest BCUT2D eigenvalue weighted by molar-refractivity contribution is 5.72. The molecule has 1 aromatic carbocycles. The largest absolute Gasteiger partial charge is 0.339 e. The number of aromatic amines is 1. The first-order chi connectivity index (χ1) is 8.74. The van der Waals surface area contributed by atoms with Crippen LogP contribution >= 0.6 is 0 Å². The van der Waals surface area contributed by atoms with Crippen molar-refractivity contribution in [2.24, 2.45) is 0 Å². The lowest BCUT2D eigenvalue weighted by Gasteiger charge is -1.97. The van der Waals surface area contributed by atoms with Crippen molar-refractivity contribution >= 4 is 11.2 Å². The number of H-pyrrole nitrogens is 1. The van der Waals surface area contributed by atoms with Gasteiger partial charge in [-0.25, -0.2) is 15.0 Å². The summed E-state index contributed by atoms with van der Waals surface area (Å²) in [5.41, 5.74) is 2.62. The number of nitrogens with zero attached hydrogens (tertiary/aromatic N) is 3. The van der Waals surface area contributed by atoms with Crippen LogP contribution in [0.4, 0.5) is 0 Å². The van der Waals surface area contributed by atoms with Gasteiger partial charge in [-0.05, 0) is 0 Å². The molecule has 3 aromatic rings. The number of fused-ring (bicyclic) bond motifs is 1. The van der Waals surface area contributed by atoms with Gasteiger partial charge in [0.05, 0.1) is 6.20 Å². The van der Waals surface area contributed by atoms with E-state index in [-0.39, 0.29) is 0 Å². The van der Waals surface area contributed by atoms with Gasteiger partial charge in [0.1, 0.15) is 11.3 Å². The van der Waals surface area contributed by atoms with Crippen LogP contribution in [0.5, 0.6) is 0 Å². The Morgan fingerprint density at radius 3 is 2.56 bits per heavy atom. The highest BCUT2D eigenvalue weighted by Gasteiger charge is 2.09. The molecule has 0 fully saturated rings. The number of benzene rings is 1. The normalized spacial score (nSPS) is 11.3. The van der Waals surface area contributed by atoms with E-state index in [0.717, 1.165) is 22.6 Å². The van der Waals surface area contributed by atoms with Crippen LogP contribution < -0.4 is 0 Å². The maximum atomic E-state index is 4.50. The lowest BCUT2D eigenvalue weighted by molar-refractivity contribution is 0.798. The quantitative estimate of drug-likeness (QED) is 0.746. The van der Waals surface area contributed by atoms with Crippen LogP contribution in [-0.2, 0) is 0 Å². The fraction of sp³-hybridized carbons (Fsp3) is 0.214. The highest BCUT2D eigenvalue weighted by atomic mass is 15.0. The lowest BCUT2D eigenvalue weighted by atomic mass is 10.2. The van der Waals surface area contributed by atoms with E-state index in [1.807, 2.05) is 30.3 Å². The van der Waals surface area contributed by atoms with Crippen molar-refractivity contribution in [3.8, 4) is 11.4 Å². The Bertz CT molecular complexity index is 671. The van der Waals surface area contributed by atoms with Crippen molar-refractivity contribution in [1.29, 1.82) is 0 Å². The lowest BCUT2D eigenvalue weighted by Crippen LogP contribution is -1.89. The fourth-order valence-electron chi connectivity index (χ4n) is 1.83. The van der Waals surface area contributed by atoms with E-state index in [2.05, 4.69) is 33.8 Å². The van der Waals surface area contributed by atoms with Gasteiger partial charge < -0.3 is 4.98 Å². The van der Waals surface area contributed by atoms with Crippen LogP contribution in [0.1, 0.15) is 25.6 Å². The van der Waals surface area contributed by atoms with Crippen molar-refractivity contribution < 1.29 is 0 Å². The van der Waals surface area contributed by atoms with Gasteiger partial charge in [-0.2, -0.15) is 0 Å². The van der Waals surface area contributed by atoms with Crippen LogP contribution in [0.3, 0.4) is 0 Å². The highest BCUT2D eigenvalue weighted by Crippen LogP contribution is 2.19. The number of rotatable bonds is 2. The maximum absolute atomic E-state index is 4.50. The number of nitrogens with one attached hydrogen (secondary N) is 1. The average Bonchev–Trinajstić information content (AvgIpc) is 2.82. The zero-order valence-electron chi connectivity index (χ0n) is 10.4. The van der Waals surface area contributed by atoms with E-state index < -0.39 is 0 Å². The van der Waals surface area contributed by atoms with Gasteiger partial charge in [0, 0.05) is 11.5 Å². The number of hydrogen-bond donors (Lipinski definition) is 1. The second kappa shape index (κ2) is 4.22. The first-order valence-electron chi connectivity index (χ1n) is 6.02. The van der Waals surface area contributed by atoms with Crippen LogP contribution in [0.25, 0.3) is 22.6 Å². The van der Waals surface area contributed by atoms with Crippen molar-refractivity contribution in [3.63, 3.8) is 0 Å².